The molecule has 1 heterocycles. The van der Waals surface area contributed by atoms with Crippen molar-refractivity contribution in [3.63, 3.8) is 0 Å². The fourth-order valence-corrected chi connectivity index (χ4v) is 3.01. The Morgan fingerprint density at radius 2 is 1.71 bits per heavy atom. The van der Waals surface area contributed by atoms with Crippen LogP contribution in [0.1, 0.15) is 19.7 Å². The maximum Gasteiger partial charge on any atom is 0.262 e. The van der Waals surface area contributed by atoms with Crippen LogP contribution in [0, 0.1) is 12.7 Å². The average molecular weight is 423 g/mol. The van der Waals surface area contributed by atoms with Crippen LogP contribution in [0.15, 0.2) is 54.6 Å². The third kappa shape index (κ3) is 6.15. The number of nitrogens with one attached hydrogen (secondary N) is 2. The maximum absolute atomic E-state index is 13.5. The van der Waals surface area contributed by atoms with E-state index >= 15 is 0 Å². The monoisotopic (exact) mass is 423 g/mol. The van der Waals surface area contributed by atoms with Gasteiger partial charge in [0.25, 0.3) is 5.91 Å². The molecule has 0 aliphatic carbocycles. The highest BCUT2D eigenvalue weighted by Crippen LogP contribution is 2.21. The summed E-state index contributed by atoms with van der Waals surface area (Å²) in [4.78, 5) is 23.2. The first-order valence-corrected chi connectivity index (χ1v) is 10.1. The van der Waals surface area contributed by atoms with Gasteiger partial charge in [-0.25, -0.2) is 14.4 Å². The van der Waals surface area contributed by atoms with Crippen LogP contribution in [0.5, 0.6) is 5.75 Å². The van der Waals surface area contributed by atoms with Gasteiger partial charge in [-0.2, -0.15) is 0 Å². The van der Waals surface area contributed by atoms with E-state index < -0.39 is 5.82 Å². The summed E-state index contributed by atoms with van der Waals surface area (Å²) in [6.07, 6.45) is 0. The summed E-state index contributed by atoms with van der Waals surface area (Å²) in [6, 6.07) is 15.1. The van der Waals surface area contributed by atoms with Gasteiger partial charge in [-0.05, 0) is 57.2 Å². The minimum Gasteiger partial charge on any atom is -0.481 e. The number of aryl methyl sites for hydroxylation is 1. The van der Waals surface area contributed by atoms with Crippen molar-refractivity contribution in [1.82, 2.24) is 9.97 Å². The van der Waals surface area contributed by atoms with Crippen molar-refractivity contribution in [3.05, 3.63) is 66.2 Å². The second kappa shape index (κ2) is 10.4. The van der Waals surface area contributed by atoms with Gasteiger partial charge < -0.3 is 20.3 Å². The molecule has 8 heteroatoms. The van der Waals surface area contributed by atoms with E-state index in [1.165, 1.54) is 12.1 Å². The van der Waals surface area contributed by atoms with Gasteiger partial charge in [-0.15, -0.1) is 0 Å². The van der Waals surface area contributed by atoms with Crippen molar-refractivity contribution < 1.29 is 13.9 Å². The number of rotatable bonds is 9. The quantitative estimate of drug-likeness (QED) is 0.526. The van der Waals surface area contributed by atoms with Crippen molar-refractivity contribution in [3.8, 4) is 5.75 Å². The van der Waals surface area contributed by atoms with Crippen LogP contribution in [0.2, 0.25) is 0 Å². The average Bonchev–Trinajstić information content (AvgIpc) is 2.75. The number of anilines is 4. The van der Waals surface area contributed by atoms with Crippen molar-refractivity contribution in [2.75, 3.05) is 35.2 Å². The fraction of sp³-hybridized carbons (Fsp3) is 0.261. The number of amides is 1. The molecule has 0 radical (unpaired) electrons. The molecule has 0 bridgehead atoms. The normalized spacial score (nSPS) is 10.5. The summed E-state index contributed by atoms with van der Waals surface area (Å²) in [5.74, 6) is 1.42. The Morgan fingerprint density at radius 3 is 2.39 bits per heavy atom. The van der Waals surface area contributed by atoms with Gasteiger partial charge in [0.05, 0.1) is 0 Å². The minimum atomic E-state index is -0.505. The number of halogens is 1. The summed E-state index contributed by atoms with van der Waals surface area (Å²) < 4.78 is 18.8. The van der Waals surface area contributed by atoms with Gasteiger partial charge in [-0.3, -0.25) is 4.79 Å². The molecule has 1 aromatic heterocycles. The molecule has 3 rings (SSSR count). The minimum absolute atomic E-state index is 0.0430. The van der Waals surface area contributed by atoms with E-state index in [1.54, 1.807) is 24.3 Å². The molecule has 0 unspecified atom stereocenters. The lowest BCUT2D eigenvalue weighted by molar-refractivity contribution is -0.118. The Balaban J connectivity index is 1.59. The number of nitrogens with zero attached hydrogens (tertiary/aromatic N) is 3. The van der Waals surface area contributed by atoms with Crippen molar-refractivity contribution in [1.29, 1.82) is 0 Å². The zero-order valence-corrected chi connectivity index (χ0v) is 17.9. The highest BCUT2D eigenvalue weighted by atomic mass is 19.1. The van der Waals surface area contributed by atoms with E-state index in [4.69, 9.17) is 4.74 Å². The van der Waals surface area contributed by atoms with Gasteiger partial charge in [0.15, 0.2) is 18.2 Å². The SMILES string of the molecule is CCN(CC)c1cc(Nc2ccc(NC(=O)COc3ccccc3F)cc2)nc(C)n1. The molecule has 3 aromatic rings. The molecule has 0 spiro atoms. The number of carbonyl (C=O) groups is 1. The number of benzene rings is 2. The zero-order valence-electron chi connectivity index (χ0n) is 17.9. The Labute approximate surface area is 181 Å². The van der Waals surface area contributed by atoms with E-state index in [2.05, 4.69) is 39.3 Å². The Bertz CT molecular complexity index is 1020. The molecular weight excluding hydrogens is 397 g/mol. The smallest absolute Gasteiger partial charge is 0.262 e. The number of ether oxygens (including phenoxy) is 1. The highest BCUT2D eigenvalue weighted by Gasteiger charge is 2.09. The van der Waals surface area contributed by atoms with Gasteiger partial charge >= 0.3 is 0 Å². The van der Waals surface area contributed by atoms with Crippen LogP contribution in [0.25, 0.3) is 0 Å². The summed E-state index contributed by atoms with van der Waals surface area (Å²) in [7, 11) is 0. The lowest BCUT2D eigenvalue weighted by atomic mass is 10.2. The van der Waals surface area contributed by atoms with E-state index in [0.717, 1.165) is 24.6 Å². The van der Waals surface area contributed by atoms with Gasteiger partial charge in [-0.1, -0.05) is 12.1 Å². The summed E-state index contributed by atoms with van der Waals surface area (Å²) in [5.41, 5.74) is 1.43. The highest BCUT2D eigenvalue weighted by molar-refractivity contribution is 5.92. The van der Waals surface area contributed by atoms with Crippen molar-refractivity contribution >= 4 is 28.9 Å². The van der Waals surface area contributed by atoms with Crippen molar-refractivity contribution in [2.24, 2.45) is 0 Å². The second-order valence-corrected chi connectivity index (χ2v) is 6.80. The molecule has 1 amide bonds. The van der Waals surface area contributed by atoms with Gasteiger partial charge in [0, 0.05) is 30.5 Å². The van der Waals surface area contributed by atoms with Gasteiger partial charge in [0.2, 0.25) is 0 Å². The molecule has 0 aliphatic heterocycles. The number of para-hydroxylation sites is 1. The zero-order chi connectivity index (χ0) is 22.2. The van der Waals surface area contributed by atoms with Crippen LogP contribution in [0.3, 0.4) is 0 Å². The molecule has 0 aliphatic rings. The van der Waals surface area contributed by atoms with E-state index in [1.807, 2.05) is 25.1 Å². The first-order valence-electron chi connectivity index (χ1n) is 10.1. The second-order valence-electron chi connectivity index (χ2n) is 6.80. The molecule has 2 aromatic carbocycles. The third-order valence-electron chi connectivity index (χ3n) is 4.55. The molecule has 162 valence electrons. The first kappa shape index (κ1) is 22.0. The number of carbonyl (C=O) groups excluding carboxylic acids is 1. The lowest BCUT2D eigenvalue weighted by Gasteiger charge is -2.20. The predicted molar refractivity (Wildman–Crippen MR) is 121 cm³/mol. The van der Waals surface area contributed by atoms with E-state index in [9.17, 15) is 9.18 Å². The Morgan fingerprint density at radius 1 is 1.03 bits per heavy atom. The largest absolute Gasteiger partial charge is 0.481 e. The topological polar surface area (TPSA) is 79.4 Å². The fourth-order valence-electron chi connectivity index (χ4n) is 3.01. The molecule has 0 atom stereocenters. The third-order valence-corrected chi connectivity index (χ3v) is 4.55. The lowest BCUT2D eigenvalue weighted by Crippen LogP contribution is -2.23. The molecule has 0 fully saturated rings. The van der Waals surface area contributed by atoms with Crippen LogP contribution in [0.4, 0.5) is 27.4 Å². The predicted octanol–water partition coefficient (Wildman–Crippen LogP) is 4.53. The molecule has 0 saturated carbocycles. The van der Waals surface area contributed by atoms with Crippen LogP contribution in [-0.4, -0.2) is 35.6 Å². The molecule has 2 N–H and O–H groups in total. The standard InChI is InChI=1S/C23H26FN5O2/c1-4-29(5-2)22-14-21(25-16(3)26-22)27-17-10-12-18(13-11-17)28-23(30)15-31-20-9-7-6-8-19(20)24/h6-14H,4-5,15H2,1-3H3,(H,28,30)(H,25,26,27). The van der Waals surface area contributed by atoms with Gasteiger partial charge in [0.1, 0.15) is 17.5 Å². The molecule has 31 heavy (non-hydrogen) atoms. The first-order chi connectivity index (χ1) is 15.0. The summed E-state index contributed by atoms with van der Waals surface area (Å²) in [6.45, 7) is 7.48. The van der Waals surface area contributed by atoms with Crippen LogP contribution >= 0.6 is 0 Å². The number of hydrogen-bond donors (Lipinski definition) is 2. The van der Waals surface area contributed by atoms with Crippen LogP contribution in [-0.2, 0) is 4.79 Å². The molecular formula is C23H26FN5O2. The number of aromatic nitrogens is 2. The number of hydrogen-bond acceptors (Lipinski definition) is 6. The maximum atomic E-state index is 13.5. The van der Waals surface area contributed by atoms with Crippen molar-refractivity contribution in [2.45, 2.75) is 20.8 Å². The van der Waals surface area contributed by atoms with Crippen LogP contribution < -0.4 is 20.3 Å². The van der Waals surface area contributed by atoms with E-state index in [-0.39, 0.29) is 18.3 Å². The molecule has 0 saturated heterocycles. The van der Waals surface area contributed by atoms with E-state index in [0.29, 0.717) is 17.3 Å². The summed E-state index contributed by atoms with van der Waals surface area (Å²) >= 11 is 0. The summed E-state index contributed by atoms with van der Waals surface area (Å²) in [5, 5.41) is 5.99. The Kier molecular flexibility index (Phi) is 7.37. The molecule has 7 nitrogen and oxygen atoms in total. The Hall–Kier alpha value is -3.68.